The summed E-state index contributed by atoms with van der Waals surface area (Å²) in [7, 11) is 3.56. The van der Waals surface area contributed by atoms with Gasteiger partial charge in [0.1, 0.15) is 35.6 Å². The lowest BCUT2D eigenvalue weighted by Gasteiger charge is -2.36. The lowest BCUT2D eigenvalue weighted by molar-refractivity contribution is -0.121. The molecule has 0 radical (unpaired) electrons. The molecule has 6 rings (SSSR count). The Hall–Kier alpha value is -3.72. The predicted molar refractivity (Wildman–Crippen MR) is 256 cm³/mol. The number of amides is 5. The van der Waals surface area contributed by atoms with E-state index in [1.165, 1.54) is 24.9 Å². The zero-order chi connectivity index (χ0) is 47.5. The number of anilines is 1. The minimum Gasteiger partial charge on any atom is -0.497 e. The molecule has 6 unspecified atom stereocenters. The summed E-state index contributed by atoms with van der Waals surface area (Å²) in [6, 6.07) is 10.8. The Bertz CT molecular complexity index is 1840. The Morgan fingerprint density at radius 1 is 0.985 bits per heavy atom. The van der Waals surface area contributed by atoms with Crippen LogP contribution in [-0.2, 0) is 19.0 Å². The van der Waals surface area contributed by atoms with E-state index in [1.54, 1.807) is 43.0 Å². The molecule has 0 bridgehead atoms. The number of hydrogen-bond donors (Lipinski definition) is 9. The number of likely N-dealkylation sites (N-methyl/N-ethyl adjacent to an activating group) is 1. The molecule has 8 atom stereocenters. The normalized spacial score (nSPS) is 24.0. The van der Waals surface area contributed by atoms with Gasteiger partial charge < -0.3 is 60.3 Å². The highest BCUT2D eigenvalue weighted by Crippen LogP contribution is 2.28. The van der Waals surface area contributed by atoms with Crippen molar-refractivity contribution in [2.75, 3.05) is 117 Å². The average Bonchev–Trinajstić information content (AvgIpc) is 3.97. The number of aliphatic hydroxyl groups excluding tert-OH is 1. The minimum absolute atomic E-state index is 0.0551. The van der Waals surface area contributed by atoms with Crippen molar-refractivity contribution in [3.63, 3.8) is 0 Å². The molecule has 2 aromatic rings. The highest BCUT2D eigenvalue weighted by atomic mass is 32.2. The number of hydrazine groups is 2. The van der Waals surface area contributed by atoms with E-state index in [1.807, 2.05) is 24.1 Å². The van der Waals surface area contributed by atoms with Gasteiger partial charge in [0.2, 0.25) is 5.91 Å². The SMILES string of the molecule is COc1ccc([C@@H](C)NC(=O)[C@H](CCOCCOCCOCCN2CC(COc3ccc(NC(=O)NC4NC(CC(O)N5CCN(C)CC5)CS4)cc3)NN2)SC2NC(=O)NCC2C)c(F)c1. The standard InChI is InChI=1S/C44H70FN11O9S2/c1-29-25-46-42(59)50-41(29)67-38(40(58)47-30(2)36-10-9-35(61-4)24-37(36)45)11-17-62-19-21-64-22-20-63-18-16-56-26-33(52-53-56)27-65-34-7-5-31(6-8-34)48-43(60)51-44-49-32(28-66-44)23-39(57)55-14-12-54(3)13-15-55/h5-10,24,29-30,32-33,38-39,41,44,49,52-53,57H,11-23,25-28H2,1-4H3,(H,47,58)(H2,46,50,59)(H2,48,51,60)/t29?,30-,32?,33?,38+,39?,41?,44?/m1/s1. The van der Waals surface area contributed by atoms with Gasteiger partial charge in [-0.05, 0) is 50.7 Å². The molecule has 374 valence electrons. The molecule has 4 saturated heterocycles. The fourth-order valence-electron chi connectivity index (χ4n) is 7.73. The molecular weight excluding hydrogens is 910 g/mol. The Balaban J connectivity index is 0.776. The van der Waals surface area contributed by atoms with Crippen molar-refractivity contribution in [3.8, 4) is 11.5 Å². The summed E-state index contributed by atoms with van der Waals surface area (Å²) in [5, 5.41) is 29.8. The summed E-state index contributed by atoms with van der Waals surface area (Å²) in [5.41, 5.74) is 7.15. The number of thioether (sulfide) groups is 2. The van der Waals surface area contributed by atoms with Crippen LogP contribution in [0.2, 0.25) is 0 Å². The number of nitrogens with zero attached hydrogens (tertiary/aromatic N) is 3. The van der Waals surface area contributed by atoms with Crippen molar-refractivity contribution in [2.24, 2.45) is 5.92 Å². The van der Waals surface area contributed by atoms with Crippen LogP contribution in [-0.4, -0.2) is 184 Å². The maximum absolute atomic E-state index is 14.7. The van der Waals surface area contributed by atoms with Gasteiger partial charge in [-0.2, -0.15) is 5.53 Å². The molecular formula is C44H70FN11O9S2. The molecule has 4 aliphatic rings. The first-order valence-electron chi connectivity index (χ1n) is 23.0. The maximum Gasteiger partial charge on any atom is 0.321 e. The van der Waals surface area contributed by atoms with Gasteiger partial charge in [-0.3, -0.25) is 15.0 Å². The van der Waals surface area contributed by atoms with Crippen molar-refractivity contribution < 1.29 is 47.6 Å². The van der Waals surface area contributed by atoms with Crippen molar-refractivity contribution in [3.05, 3.63) is 53.8 Å². The number of halogens is 1. The zero-order valence-corrected chi connectivity index (χ0v) is 40.6. The number of ether oxygens (including phenoxy) is 5. The first kappa shape index (κ1) is 52.6. The van der Waals surface area contributed by atoms with E-state index in [9.17, 15) is 23.9 Å². The highest BCUT2D eigenvalue weighted by Gasteiger charge is 2.33. The molecule has 20 nitrogen and oxygen atoms in total. The van der Waals surface area contributed by atoms with Crippen LogP contribution in [0.3, 0.4) is 0 Å². The molecule has 4 fully saturated rings. The Kier molecular flexibility index (Phi) is 21.6. The molecule has 0 aliphatic carbocycles. The zero-order valence-electron chi connectivity index (χ0n) is 38.9. The fourth-order valence-corrected chi connectivity index (χ4v) is 10.2. The van der Waals surface area contributed by atoms with Crippen molar-refractivity contribution in [1.82, 2.24) is 52.4 Å². The van der Waals surface area contributed by atoms with E-state index in [0.29, 0.717) is 101 Å². The van der Waals surface area contributed by atoms with Crippen LogP contribution in [0.4, 0.5) is 19.7 Å². The van der Waals surface area contributed by atoms with Crippen LogP contribution in [0.25, 0.3) is 0 Å². The number of rotatable bonds is 26. The lowest BCUT2D eigenvalue weighted by Crippen LogP contribution is -2.53. The molecule has 4 heterocycles. The highest BCUT2D eigenvalue weighted by molar-refractivity contribution is 8.01. The van der Waals surface area contributed by atoms with E-state index < -0.39 is 23.3 Å². The Morgan fingerprint density at radius 3 is 2.43 bits per heavy atom. The molecule has 9 N–H and O–H groups in total. The van der Waals surface area contributed by atoms with Crippen molar-refractivity contribution >= 4 is 47.2 Å². The predicted octanol–water partition coefficient (Wildman–Crippen LogP) is 1.67. The van der Waals surface area contributed by atoms with Crippen LogP contribution in [0.5, 0.6) is 11.5 Å². The number of aliphatic hydroxyl groups is 1. The van der Waals surface area contributed by atoms with Gasteiger partial charge in [0.25, 0.3) is 0 Å². The van der Waals surface area contributed by atoms with Crippen LogP contribution in [0.1, 0.15) is 38.3 Å². The van der Waals surface area contributed by atoms with Gasteiger partial charge in [-0.15, -0.1) is 23.5 Å². The number of benzene rings is 2. The fraction of sp³-hybridized carbons (Fsp3) is 0.659. The second-order valence-corrected chi connectivity index (χ2v) is 19.6. The summed E-state index contributed by atoms with van der Waals surface area (Å²) in [5.74, 6) is 1.24. The summed E-state index contributed by atoms with van der Waals surface area (Å²) in [6.07, 6.45) is 0.509. The monoisotopic (exact) mass is 979 g/mol. The Morgan fingerprint density at radius 2 is 1.70 bits per heavy atom. The molecule has 0 saturated carbocycles. The number of piperazine rings is 1. The van der Waals surface area contributed by atoms with Gasteiger partial charge in [0.05, 0.1) is 62.9 Å². The maximum atomic E-state index is 14.7. The number of carbonyl (C=O) groups excluding carboxylic acids is 3. The van der Waals surface area contributed by atoms with Crippen molar-refractivity contribution in [1.29, 1.82) is 0 Å². The van der Waals surface area contributed by atoms with E-state index in [0.717, 1.165) is 31.9 Å². The summed E-state index contributed by atoms with van der Waals surface area (Å²) in [4.78, 5) is 42.6. The second kappa shape index (κ2) is 27.5. The quantitative estimate of drug-likeness (QED) is 0.0612. The van der Waals surface area contributed by atoms with Crippen molar-refractivity contribution in [2.45, 2.75) is 67.2 Å². The number of hydrogen-bond acceptors (Lipinski definition) is 17. The molecule has 67 heavy (non-hydrogen) atoms. The van der Waals surface area contributed by atoms with Crippen LogP contribution in [0.15, 0.2) is 42.5 Å². The van der Waals surface area contributed by atoms with Gasteiger partial charge in [-0.25, -0.2) is 24.4 Å². The van der Waals surface area contributed by atoms with E-state index in [4.69, 9.17) is 23.7 Å². The van der Waals surface area contributed by atoms with Gasteiger partial charge >= 0.3 is 12.1 Å². The first-order chi connectivity index (χ1) is 32.4. The molecule has 4 aliphatic heterocycles. The summed E-state index contributed by atoms with van der Waals surface area (Å²) < 4.78 is 43.1. The largest absolute Gasteiger partial charge is 0.497 e. The second-order valence-electron chi connectivity index (χ2n) is 17.1. The number of urea groups is 2. The summed E-state index contributed by atoms with van der Waals surface area (Å²) >= 11 is 2.99. The van der Waals surface area contributed by atoms with E-state index in [2.05, 4.69) is 59.7 Å². The smallest absolute Gasteiger partial charge is 0.321 e. The van der Waals surface area contributed by atoms with Crippen LogP contribution < -0.4 is 52.3 Å². The number of methoxy groups -OCH3 is 1. The number of carbonyl (C=O) groups is 3. The molecule has 2 aromatic carbocycles. The molecule has 23 heteroatoms. The molecule has 5 amide bonds. The van der Waals surface area contributed by atoms with Crippen LogP contribution >= 0.6 is 23.5 Å². The average molecular weight is 980 g/mol. The number of nitrogens with one attached hydrogen (secondary N) is 8. The lowest BCUT2D eigenvalue weighted by atomic mass is 10.1. The molecule has 0 aromatic heterocycles. The van der Waals surface area contributed by atoms with Gasteiger partial charge in [-0.1, -0.05) is 13.0 Å². The third kappa shape index (κ3) is 17.6. The summed E-state index contributed by atoms with van der Waals surface area (Å²) in [6.45, 7) is 12.0. The topological polar surface area (TPSA) is 224 Å². The van der Waals surface area contributed by atoms with Gasteiger partial charge in [0, 0.05) is 93.9 Å². The third-order valence-electron chi connectivity index (χ3n) is 11.8. The van der Waals surface area contributed by atoms with Crippen LogP contribution in [0, 0.1) is 11.7 Å². The van der Waals surface area contributed by atoms with Gasteiger partial charge in [0.15, 0.2) is 0 Å². The molecule has 0 spiro atoms. The third-order valence-corrected chi connectivity index (χ3v) is 14.6. The Labute approximate surface area is 401 Å². The van der Waals surface area contributed by atoms with E-state index >= 15 is 0 Å². The first-order valence-corrected chi connectivity index (χ1v) is 25.0. The minimum atomic E-state index is -0.587. The van der Waals surface area contributed by atoms with E-state index in [-0.39, 0.29) is 46.8 Å².